The molecule has 3 aromatic heterocycles. The van der Waals surface area contributed by atoms with E-state index in [1.807, 2.05) is 0 Å². The summed E-state index contributed by atoms with van der Waals surface area (Å²) in [6.07, 6.45) is 5.14. The number of fused-ring (bicyclic) bond motifs is 2. The van der Waals surface area contributed by atoms with Crippen molar-refractivity contribution in [3.05, 3.63) is 41.9 Å². The lowest BCUT2D eigenvalue weighted by Crippen LogP contribution is -2.68. The number of piperidine rings is 1. The van der Waals surface area contributed by atoms with Crippen LogP contribution in [0.15, 0.2) is 29.7 Å². The molecular weight excluding hydrogens is 415 g/mol. The van der Waals surface area contributed by atoms with E-state index in [0.29, 0.717) is 24.3 Å². The number of hydrogen-bond donors (Lipinski definition) is 0. The van der Waals surface area contributed by atoms with Crippen molar-refractivity contribution in [3.63, 3.8) is 0 Å². The van der Waals surface area contributed by atoms with E-state index >= 15 is 0 Å². The molecule has 3 aromatic rings. The second-order valence-electron chi connectivity index (χ2n) is 8.28. The Morgan fingerprint density at radius 2 is 1.84 bits per heavy atom. The molecule has 0 spiro atoms. The Kier molecular flexibility index (Phi) is 4.51. The lowest BCUT2D eigenvalue weighted by Gasteiger charge is -2.56. The van der Waals surface area contributed by atoms with E-state index in [-0.39, 0.29) is 23.3 Å². The maximum absolute atomic E-state index is 14.8. The number of aromatic nitrogens is 5. The maximum atomic E-state index is 14.8. The Morgan fingerprint density at radius 1 is 1.13 bits per heavy atom. The van der Waals surface area contributed by atoms with E-state index in [2.05, 4.69) is 15.2 Å². The number of sulfonamides is 1. The van der Waals surface area contributed by atoms with Gasteiger partial charge in [0.2, 0.25) is 10.0 Å². The molecule has 5 rings (SSSR count). The molecule has 0 atom stereocenters. The Labute approximate surface area is 184 Å². The number of nitrogens with zero attached hydrogens (tertiary/aromatic N) is 6. The Morgan fingerprint density at radius 3 is 2.55 bits per heavy atom. The van der Waals surface area contributed by atoms with E-state index in [0.717, 1.165) is 10.7 Å². The highest BCUT2D eigenvalue weighted by Gasteiger charge is 2.51. The molecule has 0 amide bonds. The van der Waals surface area contributed by atoms with Crippen LogP contribution in [-0.4, -0.2) is 79.2 Å². The fourth-order valence-electron chi connectivity index (χ4n) is 4.78. The zero-order chi connectivity index (χ0) is 22.2. The molecule has 0 N–H and O–H groups in total. The van der Waals surface area contributed by atoms with Crippen molar-refractivity contribution < 1.29 is 12.8 Å². The van der Waals surface area contributed by atoms with Gasteiger partial charge in [-0.1, -0.05) is 0 Å². The Hall–Kier alpha value is -2.07. The number of pyridine rings is 1. The molecule has 1 fully saturated rings. The van der Waals surface area contributed by atoms with Crippen LogP contribution < -0.4 is 0 Å². The number of hydrogen-bond acceptors (Lipinski definition) is 5. The van der Waals surface area contributed by atoms with Crippen LogP contribution in [0.25, 0.3) is 5.65 Å². The molecule has 14 heteroatoms. The zero-order valence-corrected chi connectivity index (χ0v) is 17.3. The molecule has 0 aromatic carbocycles. The Bertz CT molecular complexity index is 1270. The van der Waals surface area contributed by atoms with Gasteiger partial charge in [-0.2, -0.15) is 10.2 Å². The first-order chi connectivity index (χ1) is 14.5. The van der Waals surface area contributed by atoms with Gasteiger partial charge < -0.3 is 0 Å². The Balaban J connectivity index is 1.55. The van der Waals surface area contributed by atoms with Gasteiger partial charge in [-0.25, -0.2) is 26.6 Å². The van der Waals surface area contributed by atoms with Crippen molar-refractivity contribution in [1.82, 2.24) is 28.7 Å². The van der Waals surface area contributed by atoms with E-state index in [4.69, 9.17) is 31.4 Å². The van der Waals surface area contributed by atoms with Crippen LogP contribution in [0.1, 0.15) is 36.4 Å². The average molecular weight is 430 g/mol. The highest BCUT2D eigenvalue weighted by Crippen LogP contribution is 2.45. The minimum absolute atomic E-state index is 0.0146. The molecule has 8 nitrogen and oxygen atoms in total. The van der Waals surface area contributed by atoms with Gasteiger partial charge in [0.1, 0.15) is 17.0 Å². The summed E-state index contributed by atoms with van der Waals surface area (Å²) in [6, 6.07) is 1.23. The molecule has 1 saturated heterocycles. The van der Waals surface area contributed by atoms with E-state index in [1.54, 1.807) is 4.68 Å². The average Bonchev–Trinajstić information content (AvgIpc) is 3.34. The highest BCUT2D eigenvalue weighted by atomic mass is 32.2. The largest absolute Gasteiger partial charge is 0.268 e. The van der Waals surface area contributed by atoms with Crippen molar-refractivity contribution in [2.24, 2.45) is 0 Å². The summed E-state index contributed by atoms with van der Waals surface area (Å²) in [5.74, 6) is -1.20. The summed E-state index contributed by atoms with van der Waals surface area (Å²) in [5.41, 5.74) is 1.12. The van der Waals surface area contributed by atoms with E-state index < -0.39 is 32.4 Å². The van der Waals surface area contributed by atoms with Gasteiger partial charge in [0.15, 0.2) is 5.65 Å². The molecule has 0 aliphatic carbocycles. The van der Waals surface area contributed by atoms with Gasteiger partial charge in [0, 0.05) is 24.4 Å². The molecule has 2 aliphatic heterocycles. The fourth-order valence-corrected chi connectivity index (χ4v) is 6.71. The number of aryl methyl sites for hydroxylation is 1. The smallest absolute Gasteiger partial charge is 0.244 e. The summed E-state index contributed by atoms with van der Waals surface area (Å²) in [5, 5.41) is 4.20. The second kappa shape index (κ2) is 6.71. The monoisotopic (exact) mass is 430 g/mol. The predicted molar refractivity (Wildman–Crippen MR) is 113 cm³/mol. The quantitative estimate of drug-likeness (QED) is 0.527. The van der Waals surface area contributed by atoms with Gasteiger partial charge in [-0.05, 0) is 42.3 Å². The molecule has 150 valence electrons. The molecular formula is C17H15B4FN6O2S. The summed E-state index contributed by atoms with van der Waals surface area (Å²) in [4.78, 5) is 3.93. The summed E-state index contributed by atoms with van der Waals surface area (Å²) in [7, 11) is 20.9. The third-order valence-corrected chi connectivity index (χ3v) is 8.01. The lowest BCUT2D eigenvalue weighted by atomic mass is 9.46. The first-order valence-electron chi connectivity index (χ1n) is 9.75. The van der Waals surface area contributed by atoms with Crippen LogP contribution in [0.4, 0.5) is 4.39 Å². The topological polar surface area (TPSA) is 85.4 Å². The van der Waals surface area contributed by atoms with Gasteiger partial charge in [-0.15, -0.1) is 0 Å². The second-order valence-corrected chi connectivity index (χ2v) is 10.0. The molecule has 31 heavy (non-hydrogen) atoms. The van der Waals surface area contributed by atoms with Gasteiger partial charge in [-0.3, -0.25) is 4.68 Å². The van der Waals surface area contributed by atoms with Crippen LogP contribution in [0.2, 0.25) is 0 Å². The van der Waals surface area contributed by atoms with Crippen molar-refractivity contribution in [3.8, 4) is 0 Å². The zero-order valence-electron chi connectivity index (χ0n) is 16.5. The highest BCUT2D eigenvalue weighted by molar-refractivity contribution is 7.89. The van der Waals surface area contributed by atoms with E-state index in [9.17, 15) is 12.8 Å². The van der Waals surface area contributed by atoms with Gasteiger partial charge in [0.25, 0.3) is 0 Å². The molecule has 2 aliphatic rings. The molecule has 0 bridgehead atoms. The van der Waals surface area contributed by atoms with Crippen LogP contribution >= 0.6 is 0 Å². The first kappa shape index (κ1) is 20.8. The predicted octanol–water partition coefficient (Wildman–Crippen LogP) is -0.439. The SMILES string of the molecule is [B]C1([B])CC(c2cn3ncnc3cc2F)CC([B])([B])N1S(=O)(=O)c1cnn2c1CCC2. The maximum Gasteiger partial charge on any atom is 0.244 e. The van der Waals surface area contributed by atoms with Gasteiger partial charge in [0.05, 0.1) is 43.3 Å². The summed E-state index contributed by atoms with van der Waals surface area (Å²) < 4.78 is 45.7. The molecule has 0 saturated carbocycles. The molecule has 5 heterocycles. The third-order valence-electron chi connectivity index (χ3n) is 5.95. The molecule has 8 radical (unpaired) electrons. The van der Waals surface area contributed by atoms with Crippen molar-refractivity contribution >= 4 is 47.1 Å². The minimum atomic E-state index is -4.27. The fraction of sp³-hybridized carbons (Fsp3) is 0.471. The van der Waals surface area contributed by atoms with Crippen LogP contribution in [0.3, 0.4) is 0 Å². The summed E-state index contributed by atoms with van der Waals surface area (Å²) in [6.45, 7) is 0.629. The minimum Gasteiger partial charge on any atom is -0.268 e. The van der Waals surface area contributed by atoms with Crippen molar-refractivity contribution in [1.29, 1.82) is 0 Å². The third kappa shape index (κ3) is 3.17. The van der Waals surface area contributed by atoms with Crippen LogP contribution in [0, 0.1) is 5.82 Å². The number of halogens is 1. The van der Waals surface area contributed by atoms with Crippen LogP contribution in [-0.2, 0) is 23.0 Å². The number of rotatable bonds is 3. The normalized spacial score (nSPS) is 21.5. The van der Waals surface area contributed by atoms with Crippen LogP contribution in [0.5, 0.6) is 0 Å². The summed E-state index contributed by atoms with van der Waals surface area (Å²) >= 11 is 0. The molecule has 0 unspecified atom stereocenters. The lowest BCUT2D eigenvalue weighted by molar-refractivity contribution is 0.206. The van der Waals surface area contributed by atoms with E-state index in [1.165, 1.54) is 29.3 Å². The van der Waals surface area contributed by atoms with Crippen molar-refractivity contribution in [2.45, 2.75) is 53.7 Å². The van der Waals surface area contributed by atoms with Gasteiger partial charge >= 0.3 is 0 Å². The first-order valence-corrected chi connectivity index (χ1v) is 11.2. The standard InChI is InChI=1S/C17H15B4FN6O2S/c18-16(19)5-10(11-8-27-15(4-12(11)22)23-9-25-27)6-17(20,21)28(16)31(29,30)14-7-24-26-3-1-2-13(14)26/h4,7-10H,1-3,5-6H2. The van der Waals surface area contributed by atoms with Crippen molar-refractivity contribution in [2.75, 3.05) is 0 Å².